The van der Waals surface area contributed by atoms with Crippen molar-refractivity contribution in [2.75, 3.05) is 26.2 Å². The number of nitrogens with one attached hydrogen (secondary N) is 1. The summed E-state index contributed by atoms with van der Waals surface area (Å²) >= 11 is 6.00. The van der Waals surface area contributed by atoms with E-state index in [-0.39, 0.29) is 5.91 Å². The molecule has 3 aliphatic rings. The Labute approximate surface area is 164 Å². The van der Waals surface area contributed by atoms with Crippen molar-refractivity contribution in [3.63, 3.8) is 0 Å². The number of hydrogen-bond acceptors (Lipinski definition) is 6. The zero-order valence-electron chi connectivity index (χ0n) is 15.3. The summed E-state index contributed by atoms with van der Waals surface area (Å²) in [5.74, 6) is 1.68. The van der Waals surface area contributed by atoms with E-state index in [0.717, 1.165) is 43.2 Å². The molecule has 144 valence electrons. The van der Waals surface area contributed by atoms with E-state index in [1.165, 1.54) is 5.56 Å². The molecule has 2 saturated heterocycles. The van der Waals surface area contributed by atoms with Gasteiger partial charge in [0.25, 0.3) is 0 Å². The van der Waals surface area contributed by atoms with Gasteiger partial charge < -0.3 is 16.0 Å². The molecule has 1 aromatic carbocycles. The number of piperazine rings is 1. The van der Waals surface area contributed by atoms with E-state index >= 15 is 0 Å². The number of rotatable bonds is 3. The molecule has 4 rings (SSSR count). The Hall–Kier alpha value is -2.12. The van der Waals surface area contributed by atoms with Crippen molar-refractivity contribution < 1.29 is 4.79 Å². The molecule has 1 aromatic rings. The number of amidine groups is 2. The SMILES string of the molecule is NC1=NN=C(N2CCC(N3CC(=O)NC[C@@H]3Cc3ccc(Cl)cc3)CC2)C1. The van der Waals surface area contributed by atoms with Crippen molar-refractivity contribution in [2.45, 2.75) is 37.8 Å². The molecule has 1 atom stereocenters. The standard InChI is InChI=1S/C19H25ClN6O/c20-14-3-1-13(2-4-14)9-16-11-22-19(27)12-26(16)15-5-7-25(8-6-15)18-10-17(21)23-24-18/h1-4,15-16H,5-12H2,(H2,21,23)(H,22,27)/t16-/m0/s1. The molecule has 0 radical (unpaired) electrons. The quantitative estimate of drug-likeness (QED) is 0.815. The Morgan fingerprint density at radius 2 is 1.93 bits per heavy atom. The van der Waals surface area contributed by atoms with Crippen LogP contribution in [0.15, 0.2) is 34.5 Å². The molecule has 0 aliphatic carbocycles. The van der Waals surface area contributed by atoms with Gasteiger partial charge >= 0.3 is 0 Å². The topological polar surface area (TPSA) is 86.3 Å². The first-order valence-corrected chi connectivity index (χ1v) is 9.87. The van der Waals surface area contributed by atoms with Gasteiger partial charge in [-0.1, -0.05) is 23.7 Å². The summed E-state index contributed by atoms with van der Waals surface area (Å²) in [5, 5.41) is 11.9. The van der Waals surface area contributed by atoms with E-state index in [1.54, 1.807) is 0 Å². The summed E-state index contributed by atoms with van der Waals surface area (Å²) in [6, 6.07) is 8.71. The highest BCUT2D eigenvalue weighted by atomic mass is 35.5. The molecule has 0 spiro atoms. The van der Waals surface area contributed by atoms with Crippen molar-refractivity contribution >= 4 is 29.2 Å². The molecule has 0 aromatic heterocycles. The predicted octanol–water partition coefficient (Wildman–Crippen LogP) is 1.22. The van der Waals surface area contributed by atoms with E-state index in [9.17, 15) is 4.79 Å². The Morgan fingerprint density at radius 3 is 2.59 bits per heavy atom. The highest BCUT2D eigenvalue weighted by Crippen LogP contribution is 2.24. The first-order chi connectivity index (χ1) is 13.1. The molecule has 1 amide bonds. The molecule has 3 heterocycles. The third-order valence-electron chi connectivity index (χ3n) is 5.65. The van der Waals surface area contributed by atoms with Gasteiger partial charge in [-0.25, -0.2) is 0 Å². The molecule has 2 fully saturated rings. The van der Waals surface area contributed by atoms with E-state index in [4.69, 9.17) is 17.3 Å². The first kappa shape index (κ1) is 18.3. The lowest BCUT2D eigenvalue weighted by Crippen LogP contribution is -2.60. The fraction of sp³-hybridized carbons (Fsp3) is 0.526. The highest BCUT2D eigenvalue weighted by molar-refractivity contribution is 6.30. The first-order valence-electron chi connectivity index (χ1n) is 9.49. The Bertz CT molecular complexity index is 754. The third kappa shape index (κ3) is 4.25. The summed E-state index contributed by atoms with van der Waals surface area (Å²) in [6.07, 6.45) is 3.59. The van der Waals surface area contributed by atoms with Gasteiger partial charge in [0.05, 0.1) is 13.0 Å². The minimum absolute atomic E-state index is 0.117. The van der Waals surface area contributed by atoms with E-state index in [2.05, 4.69) is 37.5 Å². The maximum atomic E-state index is 12.0. The fourth-order valence-corrected chi connectivity index (χ4v) is 4.32. The molecule has 7 nitrogen and oxygen atoms in total. The van der Waals surface area contributed by atoms with Crippen molar-refractivity contribution in [3.05, 3.63) is 34.9 Å². The molecular weight excluding hydrogens is 364 g/mol. The number of nitrogens with zero attached hydrogens (tertiary/aromatic N) is 4. The van der Waals surface area contributed by atoms with Gasteiger partial charge in [-0.3, -0.25) is 9.69 Å². The minimum atomic E-state index is 0.117. The lowest BCUT2D eigenvalue weighted by Gasteiger charge is -2.44. The molecule has 3 N–H and O–H groups in total. The number of nitrogens with two attached hydrogens (primary N) is 1. The largest absolute Gasteiger partial charge is 0.385 e. The van der Waals surface area contributed by atoms with E-state index in [1.807, 2.05) is 12.1 Å². The van der Waals surface area contributed by atoms with Crippen LogP contribution in [0.4, 0.5) is 0 Å². The fourth-order valence-electron chi connectivity index (χ4n) is 4.19. The number of carbonyl (C=O) groups is 1. The van der Waals surface area contributed by atoms with Crippen molar-refractivity contribution in [1.29, 1.82) is 0 Å². The van der Waals surface area contributed by atoms with Crippen molar-refractivity contribution in [3.8, 4) is 0 Å². The Morgan fingerprint density at radius 1 is 1.19 bits per heavy atom. The van der Waals surface area contributed by atoms with Crippen LogP contribution in [-0.2, 0) is 11.2 Å². The Kier molecular flexibility index (Phi) is 5.31. The van der Waals surface area contributed by atoms with Crippen LogP contribution in [0.1, 0.15) is 24.8 Å². The highest BCUT2D eigenvalue weighted by Gasteiger charge is 2.34. The van der Waals surface area contributed by atoms with Gasteiger partial charge in [-0.15, -0.1) is 10.2 Å². The zero-order chi connectivity index (χ0) is 18.8. The number of hydrogen-bond donors (Lipinski definition) is 2. The van der Waals surface area contributed by atoms with Crippen LogP contribution >= 0.6 is 11.6 Å². The summed E-state index contributed by atoms with van der Waals surface area (Å²) in [5.41, 5.74) is 6.99. The van der Waals surface area contributed by atoms with Crippen LogP contribution in [0.3, 0.4) is 0 Å². The maximum absolute atomic E-state index is 12.0. The summed E-state index contributed by atoms with van der Waals surface area (Å²) in [7, 11) is 0. The predicted molar refractivity (Wildman–Crippen MR) is 107 cm³/mol. The lowest BCUT2D eigenvalue weighted by atomic mass is 9.96. The second-order valence-electron chi connectivity index (χ2n) is 7.46. The van der Waals surface area contributed by atoms with E-state index in [0.29, 0.717) is 37.4 Å². The van der Waals surface area contributed by atoms with Crippen LogP contribution in [0.25, 0.3) is 0 Å². The normalized spacial score (nSPS) is 24.6. The number of amides is 1. The maximum Gasteiger partial charge on any atom is 0.234 e. The smallest absolute Gasteiger partial charge is 0.234 e. The number of halogens is 1. The van der Waals surface area contributed by atoms with Crippen LogP contribution < -0.4 is 11.1 Å². The Balaban J connectivity index is 1.39. The lowest BCUT2D eigenvalue weighted by molar-refractivity contribution is -0.127. The van der Waals surface area contributed by atoms with Gasteiger partial charge in [0.2, 0.25) is 5.91 Å². The average Bonchev–Trinajstić information content (AvgIpc) is 3.11. The van der Waals surface area contributed by atoms with Crippen molar-refractivity contribution in [2.24, 2.45) is 15.9 Å². The monoisotopic (exact) mass is 388 g/mol. The van der Waals surface area contributed by atoms with Crippen LogP contribution in [0.2, 0.25) is 5.02 Å². The van der Waals surface area contributed by atoms with Crippen LogP contribution in [0.5, 0.6) is 0 Å². The number of likely N-dealkylation sites (tertiary alicyclic amines) is 1. The van der Waals surface area contributed by atoms with Crippen LogP contribution in [-0.4, -0.2) is 65.6 Å². The van der Waals surface area contributed by atoms with Crippen molar-refractivity contribution in [1.82, 2.24) is 15.1 Å². The average molecular weight is 389 g/mol. The summed E-state index contributed by atoms with van der Waals surface area (Å²) < 4.78 is 0. The molecule has 8 heteroatoms. The number of benzene rings is 1. The van der Waals surface area contributed by atoms with E-state index < -0.39 is 0 Å². The summed E-state index contributed by atoms with van der Waals surface area (Å²) in [6.45, 7) is 3.02. The molecule has 0 unspecified atom stereocenters. The van der Waals surface area contributed by atoms with Gasteiger partial charge in [-0.05, 0) is 37.0 Å². The van der Waals surface area contributed by atoms with Gasteiger partial charge in [0.15, 0.2) is 0 Å². The second-order valence-corrected chi connectivity index (χ2v) is 7.90. The molecule has 27 heavy (non-hydrogen) atoms. The van der Waals surface area contributed by atoms with Gasteiger partial charge in [-0.2, -0.15) is 0 Å². The second kappa shape index (κ2) is 7.86. The molecule has 0 saturated carbocycles. The van der Waals surface area contributed by atoms with Gasteiger partial charge in [0, 0.05) is 36.7 Å². The third-order valence-corrected chi connectivity index (χ3v) is 5.90. The zero-order valence-corrected chi connectivity index (χ0v) is 16.0. The van der Waals surface area contributed by atoms with Crippen LogP contribution in [0, 0.1) is 0 Å². The van der Waals surface area contributed by atoms with Gasteiger partial charge in [0.1, 0.15) is 11.7 Å². The summed E-state index contributed by atoms with van der Waals surface area (Å²) in [4.78, 5) is 16.7. The minimum Gasteiger partial charge on any atom is -0.385 e. The molecular formula is C19H25ClN6O. The molecule has 0 bridgehead atoms. The number of piperidine rings is 1. The molecule has 3 aliphatic heterocycles. The number of carbonyl (C=O) groups excluding carboxylic acids is 1.